The zero-order chi connectivity index (χ0) is 15.3. The monoisotopic (exact) mass is 280 g/mol. The molecule has 0 spiro atoms. The van der Waals surface area contributed by atoms with Crippen LogP contribution in [-0.4, -0.2) is 32.2 Å². The SMILES string of the molecule is Cc1nn(C)c(C)c1CC(O)C1CC(C)(C)OC1(C)C. The van der Waals surface area contributed by atoms with Gasteiger partial charge in [-0.2, -0.15) is 5.10 Å². The molecule has 4 heteroatoms. The molecule has 0 radical (unpaired) electrons. The van der Waals surface area contributed by atoms with E-state index in [0.29, 0.717) is 6.42 Å². The largest absolute Gasteiger partial charge is 0.392 e. The molecule has 1 aliphatic rings. The molecule has 0 amide bonds. The standard InChI is InChI=1S/C16H28N2O2/c1-10-12(11(2)18(7)17-10)8-14(19)13-9-15(3,4)20-16(13,5)6/h13-14,19H,8-9H2,1-7H3. The quantitative estimate of drug-likeness (QED) is 0.925. The van der Waals surface area contributed by atoms with Crippen LogP contribution in [0.2, 0.25) is 0 Å². The van der Waals surface area contributed by atoms with Gasteiger partial charge in [0, 0.05) is 25.1 Å². The van der Waals surface area contributed by atoms with Crippen LogP contribution in [0.5, 0.6) is 0 Å². The summed E-state index contributed by atoms with van der Waals surface area (Å²) in [4.78, 5) is 0. The normalized spacial score (nSPS) is 25.9. The molecule has 1 aliphatic heterocycles. The van der Waals surface area contributed by atoms with Gasteiger partial charge < -0.3 is 9.84 Å². The molecule has 1 aromatic rings. The lowest BCUT2D eigenvalue weighted by molar-refractivity contribution is -0.0873. The van der Waals surface area contributed by atoms with Crippen molar-refractivity contribution in [2.75, 3.05) is 0 Å². The van der Waals surface area contributed by atoms with Gasteiger partial charge in [0.25, 0.3) is 0 Å². The number of rotatable bonds is 3. The van der Waals surface area contributed by atoms with Gasteiger partial charge in [0.15, 0.2) is 0 Å². The Bertz CT molecular complexity index is 503. The van der Waals surface area contributed by atoms with Gasteiger partial charge in [-0.1, -0.05) is 0 Å². The smallest absolute Gasteiger partial charge is 0.0687 e. The van der Waals surface area contributed by atoms with Crippen molar-refractivity contribution in [3.63, 3.8) is 0 Å². The van der Waals surface area contributed by atoms with E-state index >= 15 is 0 Å². The van der Waals surface area contributed by atoms with Crippen LogP contribution in [0.1, 0.15) is 51.1 Å². The number of aromatic nitrogens is 2. The summed E-state index contributed by atoms with van der Waals surface area (Å²) in [6.07, 6.45) is 1.15. The lowest BCUT2D eigenvalue weighted by Crippen LogP contribution is -2.37. The minimum atomic E-state index is -0.395. The van der Waals surface area contributed by atoms with Crippen molar-refractivity contribution in [3.8, 4) is 0 Å². The van der Waals surface area contributed by atoms with Crippen LogP contribution < -0.4 is 0 Å². The zero-order valence-corrected chi connectivity index (χ0v) is 13.8. The van der Waals surface area contributed by atoms with Crippen molar-refractivity contribution in [1.29, 1.82) is 0 Å². The first-order valence-electron chi connectivity index (χ1n) is 7.41. The first kappa shape index (κ1) is 15.5. The number of hydrogen-bond donors (Lipinski definition) is 1. The van der Waals surface area contributed by atoms with E-state index in [0.717, 1.165) is 17.8 Å². The average molecular weight is 280 g/mol. The molecule has 0 aromatic carbocycles. The molecule has 20 heavy (non-hydrogen) atoms. The maximum Gasteiger partial charge on any atom is 0.0687 e. The molecule has 2 rings (SSSR count). The van der Waals surface area contributed by atoms with Crippen molar-refractivity contribution >= 4 is 0 Å². The van der Waals surface area contributed by atoms with Crippen LogP contribution in [0.3, 0.4) is 0 Å². The predicted molar refractivity (Wildman–Crippen MR) is 79.7 cm³/mol. The van der Waals surface area contributed by atoms with Crippen molar-refractivity contribution in [3.05, 3.63) is 17.0 Å². The van der Waals surface area contributed by atoms with Gasteiger partial charge in [0.2, 0.25) is 0 Å². The highest BCUT2D eigenvalue weighted by Gasteiger charge is 2.48. The van der Waals surface area contributed by atoms with E-state index < -0.39 is 6.10 Å². The van der Waals surface area contributed by atoms with Gasteiger partial charge in [-0.05, 0) is 53.5 Å². The van der Waals surface area contributed by atoms with Gasteiger partial charge >= 0.3 is 0 Å². The minimum absolute atomic E-state index is 0.150. The molecule has 0 bridgehead atoms. The first-order chi connectivity index (χ1) is 9.03. The molecule has 2 unspecified atom stereocenters. The van der Waals surface area contributed by atoms with Crippen LogP contribution in [0.4, 0.5) is 0 Å². The predicted octanol–water partition coefficient (Wildman–Crippen LogP) is 2.53. The molecule has 1 saturated heterocycles. The van der Waals surface area contributed by atoms with Crippen molar-refractivity contribution in [2.24, 2.45) is 13.0 Å². The van der Waals surface area contributed by atoms with Crippen molar-refractivity contribution in [2.45, 2.75) is 71.7 Å². The minimum Gasteiger partial charge on any atom is -0.392 e. The van der Waals surface area contributed by atoms with E-state index in [2.05, 4.69) is 39.7 Å². The Labute approximate surface area is 122 Å². The summed E-state index contributed by atoms with van der Waals surface area (Å²) in [7, 11) is 1.95. The fourth-order valence-electron chi connectivity index (χ4n) is 3.67. The summed E-state index contributed by atoms with van der Waals surface area (Å²) >= 11 is 0. The molecular formula is C16H28N2O2. The van der Waals surface area contributed by atoms with E-state index in [1.807, 2.05) is 18.7 Å². The topological polar surface area (TPSA) is 47.3 Å². The zero-order valence-electron chi connectivity index (χ0n) is 13.8. The Morgan fingerprint density at radius 3 is 2.35 bits per heavy atom. The van der Waals surface area contributed by atoms with Gasteiger partial charge in [-0.25, -0.2) is 0 Å². The third-order valence-electron chi connectivity index (χ3n) is 4.68. The number of aryl methyl sites for hydroxylation is 2. The third-order valence-corrected chi connectivity index (χ3v) is 4.68. The fourth-order valence-corrected chi connectivity index (χ4v) is 3.67. The summed E-state index contributed by atoms with van der Waals surface area (Å²) in [5.74, 6) is 0.150. The third kappa shape index (κ3) is 2.77. The van der Waals surface area contributed by atoms with Gasteiger partial charge in [-0.3, -0.25) is 4.68 Å². The van der Waals surface area contributed by atoms with Crippen LogP contribution in [0, 0.1) is 19.8 Å². The summed E-state index contributed by atoms with van der Waals surface area (Å²) < 4.78 is 7.98. The average Bonchev–Trinajstić information content (AvgIpc) is 2.64. The number of aliphatic hydroxyl groups is 1. The molecule has 0 aliphatic carbocycles. The first-order valence-corrected chi connectivity index (χ1v) is 7.41. The Balaban J connectivity index is 2.18. The molecule has 2 atom stereocenters. The van der Waals surface area contributed by atoms with Crippen molar-refractivity contribution < 1.29 is 9.84 Å². The molecule has 1 N–H and O–H groups in total. The highest BCUT2D eigenvalue weighted by Crippen LogP contribution is 2.44. The van der Waals surface area contributed by atoms with Gasteiger partial charge in [-0.15, -0.1) is 0 Å². The summed E-state index contributed by atoms with van der Waals surface area (Å²) in [5, 5.41) is 15.1. The van der Waals surface area contributed by atoms with Crippen LogP contribution in [0.15, 0.2) is 0 Å². The maximum atomic E-state index is 10.7. The molecule has 0 saturated carbocycles. The van der Waals surface area contributed by atoms with E-state index in [9.17, 15) is 5.11 Å². The fraction of sp³-hybridized carbons (Fsp3) is 0.812. The highest BCUT2D eigenvalue weighted by molar-refractivity contribution is 5.25. The summed E-state index contributed by atoms with van der Waals surface area (Å²) in [6, 6.07) is 0. The maximum absolute atomic E-state index is 10.7. The summed E-state index contributed by atoms with van der Waals surface area (Å²) in [6.45, 7) is 12.4. The number of aliphatic hydroxyl groups excluding tert-OH is 1. The van der Waals surface area contributed by atoms with Crippen LogP contribution in [0.25, 0.3) is 0 Å². The molecule has 4 nitrogen and oxygen atoms in total. The van der Waals surface area contributed by atoms with E-state index in [4.69, 9.17) is 4.74 Å². The van der Waals surface area contributed by atoms with Crippen LogP contribution in [-0.2, 0) is 18.2 Å². The molecule has 2 heterocycles. The van der Waals surface area contributed by atoms with E-state index in [-0.39, 0.29) is 17.1 Å². The van der Waals surface area contributed by atoms with E-state index in [1.165, 1.54) is 5.56 Å². The lowest BCUT2D eigenvalue weighted by atomic mass is 9.81. The molecule has 1 aromatic heterocycles. The Morgan fingerprint density at radius 1 is 1.35 bits per heavy atom. The van der Waals surface area contributed by atoms with Gasteiger partial charge in [0.1, 0.15) is 0 Å². The van der Waals surface area contributed by atoms with Crippen molar-refractivity contribution in [1.82, 2.24) is 9.78 Å². The molecule has 1 fully saturated rings. The van der Waals surface area contributed by atoms with E-state index in [1.54, 1.807) is 0 Å². The number of hydrogen-bond acceptors (Lipinski definition) is 3. The Morgan fingerprint density at radius 2 is 1.95 bits per heavy atom. The Kier molecular flexibility index (Phi) is 3.76. The Hall–Kier alpha value is -0.870. The van der Waals surface area contributed by atoms with Gasteiger partial charge in [0.05, 0.1) is 23.0 Å². The second kappa shape index (κ2) is 4.85. The molecular weight excluding hydrogens is 252 g/mol. The highest BCUT2D eigenvalue weighted by atomic mass is 16.5. The van der Waals surface area contributed by atoms with Crippen LogP contribution >= 0.6 is 0 Å². The molecule has 114 valence electrons. The summed E-state index contributed by atoms with van der Waals surface area (Å²) in [5.41, 5.74) is 2.87. The second-order valence-corrected chi connectivity index (χ2v) is 7.32. The second-order valence-electron chi connectivity index (χ2n) is 7.32. The number of ether oxygens (including phenoxy) is 1. The number of nitrogens with zero attached hydrogens (tertiary/aromatic N) is 2. The lowest BCUT2D eigenvalue weighted by Gasteiger charge is -2.30.